The molecular formula is C8H19F2O6PSi. The van der Waals surface area contributed by atoms with Crippen molar-refractivity contribution in [1.29, 1.82) is 0 Å². The maximum Gasteiger partial charge on any atom is 0.571 e. The Balaban J connectivity index is 4.71. The minimum Gasteiger partial charge on any atom is -0.374 e. The molecule has 0 aliphatic carbocycles. The molecular weight excluding hydrogens is 289 g/mol. The van der Waals surface area contributed by atoms with E-state index in [1.165, 1.54) is 0 Å². The van der Waals surface area contributed by atoms with Crippen molar-refractivity contribution in [2.45, 2.75) is 19.9 Å². The average Bonchev–Trinajstić information content (AvgIpc) is 2.31. The topological polar surface area (TPSA) is 63.2 Å². The van der Waals surface area contributed by atoms with Crippen molar-refractivity contribution in [2.24, 2.45) is 0 Å². The fraction of sp³-hybridized carbons (Fsp3) is 1.00. The second-order valence-electron chi connectivity index (χ2n) is 3.03. The molecule has 0 heterocycles. The van der Waals surface area contributed by atoms with E-state index < -0.39 is 28.8 Å². The quantitative estimate of drug-likeness (QED) is 0.456. The zero-order chi connectivity index (χ0) is 14.2. The Morgan fingerprint density at radius 3 is 1.83 bits per heavy atom. The predicted molar refractivity (Wildman–Crippen MR) is 62.6 cm³/mol. The molecule has 0 fully saturated rings. The summed E-state index contributed by atoms with van der Waals surface area (Å²) in [6.07, 6.45) is -0.632. The van der Waals surface area contributed by atoms with Gasteiger partial charge in [0.1, 0.15) is 6.35 Å². The Bertz CT molecular complexity index is 266. The van der Waals surface area contributed by atoms with Gasteiger partial charge in [-0.3, -0.25) is 4.57 Å². The van der Waals surface area contributed by atoms with Gasteiger partial charge in [-0.25, -0.2) is 8.78 Å². The predicted octanol–water partition coefficient (Wildman–Crippen LogP) is 2.26. The van der Waals surface area contributed by atoms with Crippen LogP contribution >= 0.6 is 7.60 Å². The second-order valence-corrected chi connectivity index (χ2v) is 7.78. The van der Waals surface area contributed by atoms with Crippen molar-refractivity contribution >= 4 is 16.4 Å². The number of rotatable bonds is 10. The molecule has 0 radical (unpaired) electrons. The Morgan fingerprint density at radius 1 is 1.11 bits per heavy atom. The van der Waals surface area contributed by atoms with Crippen LogP contribution in [-0.4, -0.2) is 48.6 Å². The van der Waals surface area contributed by atoms with Gasteiger partial charge < -0.3 is 22.3 Å². The van der Waals surface area contributed by atoms with Crippen LogP contribution in [0.4, 0.5) is 8.78 Å². The molecule has 0 aromatic heterocycles. The monoisotopic (exact) mass is 308 g/mol. The van der Waals surface area contributed by atoms with Crippen LogP contribution in [0.1, 0.15) is 13.8 Å². The molecule has 10 heteroatoms. The van der Waals surface area contributed by atoms with Crippen LogP contribution in [0.15, 0.2) is 0 Å². The summed E-state index contributed by atoms with van der Waals surface area (Å²) in [5, 5.41) is 0. The normalized spacial score (nSPS) is 13.3. The van der Waals surface area contributed by atoms with Crippen LogP contribution in [0.3, 0.4) is 0 Å². The zero-order valence-electron chi connectivity index (χ0n) is 10.9. The Hall–Kier alpha value is 0.107. The van der Waals surface area contributed by atoms with E-state index in [1.54, 1.807) is 13.8 Å². The van der Waals surface area contributed by atoms with Gasteiger partial charge in [-0.05, 0) is 13.8 Å². The Labute approximate surface area is 106 Å². The lowest BCUT2D eigenvalue weighted by atomic mass is 10.9. The minimum absolute atomic E-state index is 0.115. The first-order valence-corrected chi connectivity index (χ1v) is 8.83. The van der Waals surface area contributed by atoms with Crippen LogP contribution in [0, 0.1) is 0 Å². The van der Waals surface area contributed by atoms with Crippen molar-refractivity contribution < 1.29 is 35.7 Å². The van der Waals surface area contributed by atoms with Gasteiger partial charge in [-0.15, -0.1) is 0 Å². The van der Waals surface area contributed by atoms with Gasteiger partial charge in [0, 0.05) is 14.2 Å². The largest absolute Gasteiger partial charge is 0.571 e. The van der Waals surface area contributed by atoms with E-state index in [1.807, 2.05) is 0 Å². The third-order valence-corrected chi connectivity index (χ3v) is 6.12. The summed E-state index contributed by atoms with van der Waals surface area (Å²) < 4.78 is 61.6. The van der Waals surface area contributed by atoms with Gasteiger partial charge in [0.25, 0.3) is 0 Å². The van der Waals surface area contributed by atoms with Crippen molar-refractivity contribution in [1.82, 2.24) is 0 Å². The van der Waals surface area contributed by atoms with E-state index >= 15 is 0 Å². The Morgan fingerprint density at radius 2 is 1.56 bits per heavy atom. The molecule has 0 aliphatic heterocycles. The molecule has 110 valence electrons. The smallest absolute Gasteiger partial charge is 0.374 e. The fourth-order valence-electron chi connectivity index (χ4n) is 1.12. The van der Waals surface area contributed by atoms with Gasteiger partial charge in [-0.1, -0.05) is 0 Å². The molecule has 0 unspecified atom stereocenters. The molecule has 0 N–H and O–H groups in total. The molecule has 0 atom stereocenters. The zero-order valence-corrected chi connectivity index (χ0v) is 12.7. The number of hydrogen-bond acceptors (Lipinski definition) is 6. The van der Waals surface area contributed by atoms with Crippen molar-refractivity contribution in [3.8, 4) is 0 Å². The number of alkyl halides is 2. The second kappa shape index (κ2) is 8.31. The molecule has 0 saturated carbocycles. The summed E-state index contributed by atoms with van der Waals surface area (Å²) in [4.78, 5) is 0. The lowest BCUT2D eigenvalue weighted by Crippen LogP contribution is -2.51. The molecule has 0 amide bonds. The van der Waals surface area contributed by atoms with Crippen molar-refractivity contribution in [2.75, 3.05) is 33.8 Å². The molecule has 0 aromatic carbocycles. The van der Waals surface area contributed by atoms with Gasteiger partial charge in [0.05, 0.1) is 13.2 Å². The maximum atomic E-state index is 12.8. The summed E-state index contributed by atoms with van der Waals surface area (Å²) in [6, 6.07) is -2.94. The summed E-state index contributed by atoms with van der Waals surface area (Å²) in [7, 11) is -5.62. The summed E-state index contributed by atoms with van der Waals surface area (Å²) >= 11 is 0. The first kappa shape index (κ1) is 18.1. The van der Waals surface area contributed by atoms with Gasteiger partial charge in [-0.2, -0.15) is 0 Å². The van der Waals surface area contributed by atoms with Gasteiger partial charge in [0.15, 0.2) is 0 Å². The lowest BCUT2D eigenvalue weighted by molar-refractivity contribution is 0.0352. The van der Waals surface area contributed by atoms with Crippen LogP contribution in [-0.2, 0) is 26.9 Å². The molecule has 0 aromatic rings. The first-order valence-electron chi connectivity index (χ1n) is 5.30. The molecule has 0 rings (SSSR count). The summed E-state index contributed by atoms with van der Waals surface area (Å²) in [5.74, 6) is 0. The lowest BCUT2D eigenvalue weighted by Gasteiger charge is -2.27. The highest BCUT2D eigenvalue weighted by molar-refractivity contribution is 7.53. The summed E-state index contributed by atoms with van der Waals surface area (Å²) in [5.41, 5.74) is 0. The highest BCUT2D eigenvalue weighted by atomic mass is 31.2. The highest BCUT2D eigenvalue weighted by Crippen LogP contribution is 2.48. The Kier molecular flexibility index (Phi) is 8.36. The molecule has 0 spiro atoms. The molecule has 0 bridgehead atoms. The van der Waals surface area contributed by atoms with Crippen LogP contribution in [0.5, 0.6) is 0 Å². The van der Waals surface area contributed by atoms with Crippen molar-refractivity contribution in [3.63, 3.8) is 0 Å². The van der Waals surface area contributed by atoms with E-state index in [0.717, 1.165) is 14.2 Å². The van der Waals surface area contributed by atoms with Gasteiger partial charge >= 0.3 is 22.4 Å². The van der Waals surface area contributed by atoms with E-state index in [0.29, 0.717) is 0 Å². The van der Waals surface area contributed by atoms with Gasteiger partial charge in [0.2, 0.25) is 0 Å². The maximum absolute atomic E-state index is 12.8. The van der Waals surface area contributed by atoms with E-state index in [9.17, 15) is 13.3 Å². The molecule has 18 heavy (non-hydrogen) atoms. The minimum atomic E-state index is -4.15. The van der Waals surface area contributed by atoms with Crippen LogP contribution < -0.4 is 0 Å². The molecule has 6 nitrogen and oxygen atoms in total. The van der Waals surface area contributed by atoms with E-state index in [4.69, 9.17) is 13.5 Å². The first-order chi connectivity index (χ1) is 8.39. The summed E-state index contributed by atoms with van der Waals surface area (Å²) in [6.45, 7) is 3.44. The number of halogens is 2. The molecule has 0 aliphatic rings. The SMILES string of the molecule is CCOP(=O)(CO[Si](OC)(OC)C(F)F)OCC. The molecule has 0 saturated heterocycles. The van der Waals surface area contributed by atoms with E-state index in [2.05, 4.69) is 8.85 Å². The standard InChI is InChI=1S/C8H19F2O6PSi/c1-5-14-17(11,15-6-2)7-16-18(12-3,13-4)8(9)10/h8H,5-7H2,1-4H3. The average molecular weight is 308 g/mol. The van der Waals surface area contributed by atoms with Crippen molar-refractivity contribution in [3.05, 3.63) is 0 Å². The highest BCUT2D eigenvalue weighted by Gasteiger charge is 2.52. The van der Waals surface area contributed by atoms with Crippen LogP contribution in [0.2, 0.25) is 0 Å². The fourth-order valence-corrected chi connectivity index (χ4v) is 4.36. The third kappa shape index (κ3) is 5.00. The number of hydrogen-bond donors (Lipinski definition) is 0. The van der Waals surface area contributed by atoms with E-state index in [-0.39, 0.29) is 13.2 Å². The van der Waals surface area contributed by atoms with Crippen LogP contribution in [0.25, 0.3) is 0 Å². The third-order valence-electron chi connectivity index (χ3n) is 1.91.